The van der Waals surface area contributed by atoms with Crippen molar-refractivity contribution in [2.45, 2.75) is 18.9 Å². The Morgan fingerprint density at radius 2 is 2.10 bits per heavy atom. The fourth-order valence-electron chi connectivity index (χ4n) is 3.36. The molecule has 104 valence electrons. The molecule has 3 aliphatic heterocycles. The maximum absolute atomic E-state index is 12.4. The minimum Gasteiger partial charge on any atom is -0.346 e. The molecular formula is C15H17N3OS. The lowest BCUT2D eigenvalue weighted by molar-refractivity contribution is 0.0618. The van der Waals surface area contributed by atoms with E-state index in [1.807, 2.05) is 6.07 Å². The SMILES string of the molecule is O=C(NC1CN2CCC1CC2)c1cc2cscc2cn1. The van der Waals surface area contributed by atoms with Gasteiger partial charge in [0.1, 0.15) is 5.69 Å². The molecule has 3 fully saturated rings. The highest BCUT2D eigenvalue weighted by atomic mass is 32.1. The zero-order valence-corrected chi connectivity index (χ0v) is 12.0. The molecule has 2 aromatic heterocycles. The molecule has 5 rings (SSSR count). The van der Waals surface area contributed by atoms with Crippen LogP contribution in [0.5, 0.6) is 0 Å². The molecular weight excluding hydrogens is 270 g/mol. The van der Waals surface area contributed by atoms with E-state index in [-0.39, 0.29) is 5.91 Å². The maximum atomic E-state index is 12.4. The minimum atomic E-state index is -0.0307. The quantitative estimate of drug-likeness (QED) is 0.920. The molecule has 20 heavy (non-hydrogen) atoms. The number of nitrogens with zero attached hydrogens (tertiary/aromatic N) is 2. The number of carbonyl (C=O) groups is 1. The summed E-state index contributed by atoms with van der Waals surface area (Å²) in [5.41, 5.74) is 0.535. The third-order valence-electron chi connectivity index (χ3n) is 4.56. The number of nitrogens with one attached hydrogen (secondary N) is 1. The molecule has 0 spiro atoms. The summed E-state index contributed by atoms with van der Waals surface area (Å²) < 4.78 is 0. The number of aromatic nitrogens is 1. The van der Waals surface area contributed by atoms with Crippen LogP contribution in [0.2, 0.25) is 0 Å². The van der Waals surface area contributed by atoms with Crippen LogP contribution in [0.15, 0.2) is 23.0 Å². The monoisotopic (exact) mass is 287 g/mol. The molecule has 3 saturated heterocycles. The van der Waals surface area contributed by atoms with Crippen molar-refractivity contribution in [1.29, 1.82) is 0 Å². The molecule has 1 atom stereocenters. The lowest BCUT2D eigenvalue weighted by Crippen LogP contribution is -2.57. The van der Waals surface area contributed by atoms with E-state index in [2.05, 4.69) is 26.0 Å². The van der Waals surface area contributed by atoms with Crippen LogP contribution in [0.4, 0.5) is 0 Å². The van der Waals surface area contributed by atoms with Gasteiger partial charge in [0.05, 0.1) is 0 Å². The van der Waals surface area contributed by atoms with Crippen LogP contribution in [-0.4, -0.2) is 41.5 Å². The second-order valence-corrected chi connectivity index (χ2v) is 6.53. The van der Waals surface area contributed by atoms with E-state index < -0.39 is 0 Å². The Bertz CT molecular complexity index is 645. The van der Waals surface area contributed by atoms with Crippen molar-refractivity contribution in [3.8, 4) is 0 Å². The molecule has 1 unspecified atom stereocenters. The van der Waals surface area contributed by atoms with Crippen molar-refractivity contribution >= 4 is 28.0 Å². The van der Waals surface area contributed by atoms with Crippen LogP contribution >= 0.6 is 11.3 Å². The number of pyridine rings is 1. The molecule has 0 saturated carbocycles. The van der Waals surface area contributed by atoms with E-state index in [9.17, 15) is 4.79 Å². The first kappa shape index (κ1) is 12.3. The highest BCUT2D eigenvalue weighted by Gasteiger charge is 2.35. The van der Waals surface area contributed by atoms with Crippen molar-refractivity contribution < 1.29 is 4.79 Å². The number of fused-ring (bicyclic) bond motifs is 4. The van der Waals surface area contributed by atoms with Gasteiger partial charge in [-0.2, -0.15) is 11.3 Å². The Morgan fingerprint density at radius 1 is 1.30 bits per heavy atom. The lowest BCUT2D eigenvalue weighted by atomic mass is 9.84. The number of hydrogen-bond acceptors (Lipinski definition) is 4. The highest BCUT2D eigenvalue weighted by Crippen LogP contribution is 2.27. The normalized spacial score (nSPS) is 28.7. The fraction of sp³-hybridized carbons (Fsp3) is 0.467. The highest BCUT2D eigenvalue weighted by molar-refractivity contribution is 7.09. The second kappa shape index (κ2) is 4.82. The van der Waals surface area contributed by atoms with Gasteiger partial charge in [0.2, 0.25) is 0 Å². The van der Waals surface area contributed by atoms with Gasteiger partial charge in [-0.1, -0.05) is 0 Å². The molecule has 3 aliphatic rings. The summed E-state index contributed by atoms with van der Waals surface area (Å²) in [5.74, 6) is 0.616. The van der Waals surface area contributed by atoms with Crippen LogP contribution < -0.4 is 5.32 Å². The van der Waals surface area contributed by atoms with Gasteiger partial charge in [0.25, 0.3) is 5.91 Å². The Hall–Kier alpha value is -1.46. The Balaban J connectivity index is 1.52. The van der Waals surface area contributed by atoms with Gasteiger partial charge in [-0.05, 0) is 48.7 Å². The van der Waals surface area contributed by atoms with Gasteiger partial charge >= 0.3 is 0 Å². The van der Waals surface area contributed by atoms with E-state index in [1.54, 1.807) is 17.5 Å². The summed E-state index contributed by atoms with van der Waals surface area (Å²) in [4.78, 5) is 19.1. The van der Waals surface area contributed by atoms with Gasteiger partial charge in [-0.25, -0.2) is 0 Å². The molecule has 5 heteroatoms. The number of piperidine rings is 3. The molecule has 4 nitrogen and oxygen atoms in total. The summed E-state index contributed by atoms with van der Waals surface area (Å²) in [5, 5.41) is 9.50. The van der Waals surface area contributed by atoms with Crippen LogP contribution in [-0.2, 0) is 0 Å². The van der Waals surface area contributed by atoms with E-state index in [0.29, 0.717) is 17.7 Å². The molecule has 5 heterocycles. The molecule has 2 bridgehead atoms. The Morgan fingerprint density at radius 3 is 2.85 bits per heavy atom. The van der Waals surface area contributed by atoms with Crippen molar-refractivity contribution in [2.75, 3.05) is 19.6 Å². The van der Waals surface area contributed by atoms with Gasteiger partial charge in [-0.15, -0.1) is 0 Å². The zero-order chi connectivity index (χ0) is 13.5. The molecule has 0 radical (unpaired) electrons. The summed E-state index contributed by atoms with van der Waals surface area (Å²) in [6, 6.07) is 2.19. The number of rotatable bonds is 2. The van der Waals surface area contributed by atoms with Gasteiger partial charge in [-0.3, -0.25) is 9.78 Å². The molecule has 0 aliphatic carbocycles. The van der Waals surface area contributed by atoms with Gasteiger partial charge in [0, 0.05) is 29.5 Å². The molecule has 1 N–H and O–H groups in total. The summed E-state index contributed by atoms with van der Waals surface area (Å²) in [6.07, 6.45) is 4.21. The largest absolute Gasteiger partial charge is 0.346 e. The van der Waals surface area contributed by atoms with E-state index in [4.69, 9.17) is 0 Å². The predicted molar refractivity (Wildman–Crippen MR) is 80.0 cm³/mol. The van der Waals surface area contributed by atoms with E-state index in [1.165, 1.54) is 25.9 Å². The number of carbonyl (C=O) groups excluding carboxylic acids is 1. The first-order chi connectivity index (χ1) is 9.79. The van der Waals surface area contributed by atoms with Gasteiger partial charge < -0.3 is 10.2 Å². The number of hydrogen-bond donors (Lipinski definition) is 1. The first-order valence-corrected chi connectivity index (χ1v) is 8.09. The minimum absolute atomic E-state index is 0.0307. The predicted octanol–water partition coefficient (Wildman–Crippen LogP) is 2.12. The Kier molecular flexibility index (Phi) is 2.97. The van der Waals surface area contributed by atoms with E-state index in [0.717, 1.165) is 17.3 Å². The fourth-order valence-corrected chi connectivity index (χ4v) is 4.12. The smallest absolute Gasteiger partial charge is 0.270 e. The first-order valence-electron chi connectivity index (χ1n) is 7.15. The molecule has 0 aromatic carbocycles. The van der Waals surface area contributed by atoms with Crippen molar-refractivity contribution in [1.82, 2.24) is 15.2 Å². The van der Waals surface area contributed by atoms with Crippen molar-refractivity contribution in [2.24, 2.45) is 5.92 Å². The number of thiophene rings is 1. The topological polar surface area (TPSA) is 45.2 Å². The van der Waals surface area contributed by atoms with Gasteiger partial charge in [0.15, 0.2) is 0 Å². The van der Waals surface area contributed by atoms with Crippen LogP contribution in [0.25, 0.3) is 10.8 Å². The third-order valence-corrected chi connectivity index (χ3v) is 5.34. The van der Waals surface area contributed by atoms with Crippen molar-refractivity contribution in [3.63, 3.8) is 0 Å². The van der Waals surface area contributed by atoms with Crippen LogP contribution in [0.1, 0.15) is 23.3 Å². The zero-order valence-electron chi connectivity index (χ0n) is 11.2. The third kappa shape index (κ3) is 2.11. The second-order valence-electron chi connectivity index (χ2n) is 5.79. The van der Waals surface area contributed by atoms with E-state index >= 15 is 0 Å². The standard InChI is InChI=1S/C15H17N3OS/c19-15(13-5-11-8-20-9-12(11)6-16-13)17-14-7-18-3-1-10(14)2-4-18/h5-6,8-10,14H,1-4,7H2,(H,17,19). The molecule has 1 amide bonds. The van der Waals surface area contributed by atoms with Crippen LogP contribution in [0, 0.1) is 5.92 Å². The summed E-state index contributed by atoms with van der Waals surface area (Å²) >= 11 is 1.64. The lowest BCUT2D eigenvalue weighted by Gasteiger charge is -2.44. The van der Waals surface area contributed by atoms with Crippen LogP contribution in [0.3, 0.4) is 0 Å². The summed E-state index contributed by atoms with van der Waals surface area (Å²) in [6.45, 7) is 3.38. The average Bonchev–Trinajstić information content (AvgIpc) is 2.96. The molecule has 2 aromatic rings. The Labute approximate surface area is 121 Å². The number of amides is 1. The summed E-state index contributed by atoms with van der Waals surface area (Å²) in [7, 11) is 0. The maximum Gasteiger partial charge on any atom is 0.270 e. The average molecular weight is 287 g/mol. The van der Waals surface area contributed by atoms with Crippen molar-refractivity contribution in [3.05, 3.63) is 28.7 Å².